The van der Waals surface area contributed by atoms with Crippen molar-refractivity contribution in [2.45, 2.75) is 27.7 Å². The summed E-state index contributed by atoms with van der Waals surface area (Å²) in [5.41, 5.74) is 0.736. The van der Waals surface area contributed by atoms with E-state index in [0.29, 0.717) is 11.3 Å². The van der Waals surface area contributed by atoms with E-state index < -0.39 is 5.41 Å². The molecule has 0 saturated heterocycles. The van der Waals surface area contributed by atoms with E-state index >= 15 is 0 Å². The van der Waals surface area contributed by atoms with Gasteiger partial charge in [-0.25, -0.2) is 0 Å². The van der Waals surface area contributed by atoms with E-state index in [2.05, 4.69) is 10.4 Å². The number of amides is 1. The van der Waals surface area contributed by atoms with Gasteiger partial charge in [-0.1, -0.05) is 20.8 Å². The van der Waals surface area contributed by atoms with Crippen molar-refractivity contribution in [3.05, 3.63) is 17.5 Å². The number of carbonyl (C=O) groups is 2. The average Bonchev–Trinajstić information content (AvgIpc) is 2.52. The van der Waals surface area contributed by atoms with Crippen LogP contribution in [0, 0.1) is 12.3 Å². The molecule has 0 aliphatic rings. The Labute approximate surface area is 101 Å². The van der Waals surface area contributed by atoms with E-state index in [1.54, 1.807) is 24.9 Å². The van der Waals surface area contributed by atoms with Gasteiger partial charge in [0.1, 0.15) is 0 Å². The lowest BCUT2D eigenvalue weighted by atomic mass is 9.91. The van der Waals surface area contributed by atoms with Crippen molar-refractivity contribution < 1.29 is 9.59 Å². The Bertz CT molecular complexity index is 441. The van der Waals surface area contributed by atoms with E-state index in [1.807, 2.05) is 20.8 Å². The maximum atomic E-state index is 11.8. The molecule has 0 aliphatic carbocycles. The van der Waals surface area contributed by atoms with Crippen LogP contribution in [0.5, 0.6) is 0 Å². The zero-order chi connectivity index (χ0) is 13.2. The molecular formula is C12H19N3O2. The fraction of sp³-hybridized carbons (Fsp3) is 0.583. The molecule has 5 heteroatoms. The van der Waals surface area contributed by atoms with Crippen LogP contribution in [0.1, 0.15) is 36.8 Å². The molecule has 1 aromatic rings. The second kappa shape index (κ2) is 4.69. The Hall–Kier alpha value is -1.65. The molecule has 0 aliphatic heterocycles. The molecule has 0 spiro atoms. The van der Waals surface area contributed by atoms with Crippen LogP contribution < -0.4 is 5.32 Å². The molecule has 0 aromatic carbocycles. The molecule has 1 rings (SSSR count). The first-order valence-corrected chi connectivity index (χ1v) is 5.53. The smallest absolute Gasteiger partial charge is 0.255 e. The lowest BCUT2D eigenvalue weighted by Crippen LogP contribution is -2.35. The average molecular weight is 237 g/mol. The van der Waals surface area contributed by atoms with Crippen molar-refractivity contribution in [2.75, 3.05) is 6.54 Å². The van der Waals surface area contributed by atoms with Gasteiger partial charge < -0.3 is 5.32 Å². The Morgan fingerprint density at radius 1 is 1.41 bits per heavy atom. The van der Waals surface area contributed by atoms with Crippen LogP contribution in [-0.2, 0) is 11.8 Å². The maximum absolute atomic E-state index is 11.8. The highest BCUT2D eigenvalue weighted by Gasteiger charge is 2.22. The Balaban J connectivity index is 2.63. The van der Waals surface area contributed by atoms with Gasteiger partial charge in [-0.05, 0) is 6.92 Å². The van der Waals surface area contributed by atoms with Crippen LogP contribution in [0.3, 0.4) is 0 Å². The van der Waals surface area contributed by atoms with Crippen molar-refractivity contribution in [3.8, 4) is 0 Å². The van der Waals surface area contributed by atoms with E-state index in [1.165, 1.54) is 0 Å². The minimum atomic E-state index is -0.433. The zero-order valence-corrected chi connectivity index (χ0v) is 11.0. The molecule has 1 N–H and O–H groups in total. The number of carbonyl (C=O) groups excluding carboxylic acids is 2. The second-order valence-corrected chi connectivity index (χ2v) is 5.16. The maximum Gasteiger partial charge on any atom is 0.255 e. The van der Waals surface area contributed by atoms with Gasteiger partial charge >= 0.3 is 0 Å². The molecule has 0 unspecified atom stereocenters. The summed E-state index contributed by atoms with van der Waals surface area (Å²) in [6, 6.07) is 0. The topological polar surface area (TPSA) is 64.0 Å². The van der Waals surface area contributed by atoms with Crippen molar-refractivity contribution in [1.29, 1.82) is 0 Å². The van der Waals surface area contributed by atoms with Gasteiger partial charge in [0.15, 0.2) is 5.78 Å². The highest BCUT2D eigenvalue weighted by molar-refractivity contribution is 5.98. The lowest BCUT2D eigenvalue weighted by molar-refractivity contribution is -0.125. The number of hydrogen-bond acceptors (Lipinski definition) is 3. The number of hydrogen-bond donors (Lipinski definition) is 1. The number of aryl methyl sites for hydroxylation is 2. The standard InChI is InChI=1S/C12H19N3O2/c1-8-9(7-15(5)14-8)11(17)13-6-10(16)12(2,3)4/h7H,6H2,1-5H3,(H,13,17). The van der Waals surface area contributed by atoms with Crippen LogP contribution in [0.25, 0.3) is 0 Å². The van der Waals surface area contributed by atoms with Crippen molar-refractivity contribution >= 4 is 11.7 Å². The first-order chi connectivity index (χ1) is 7.71. The predicted molar refractivity (Wildman–Crippen MR) is 64.7 cm³/mol. The van der Waals surface area contributed by atoms with Gasteiger partial charge in [-0.3, -0.25) is 14.3 Å². The lowest BCUT2D eigenvalue weighted by Gasteiger charge is -2.16. The highest BCUT2D eigenvalue weighted by atomic mass is 16.2. The van der Waals surface area contributed by atoms with Gasteiger partial charge in [-0.15, -0.1) is 0 Å². The summed E-state index contributed by atoms with van der Waals surface area (Å²) in [5, 5.41) is 6.70. The van der Waals surface area contributed by atoms with Gasteiger partial charge in [0, 0.05) is 18.7 Å². The van der Waals surface area contributed by atoms with Gasteiger partial charge in [0.2, 0.25) is 0 Å². The Kier molecular flexibility index (Phi) is 3.70. The summed E-state index contributed by atoms with van der Waals surface area (Å²) >= 11 is 0. The minimum Gasteiger partial charge on any atom is -0.345 e. The Morgan fingerprint density at radius 3 is 2.41 bits per heavy atom. The SMILES string of the molecule is Cc1nn(C)cc1C(=O)NCC(=O)C(C)(C)C. The number of nitrogens with zero attached hydrogens (tertiary/aromatic N) is 2. The quantitative estimate of drug-likeness (QED) is 0.855. The molecule has 0 radical (unpaired) electrons. The Morgan fingerprint density at radius 2 is 2.00 bits per heavy atom. The summed E-state index contributed by atoms with van der Waals surface area (Å²) in [6.45, 7) is 7.31. The number of aromatic nitrogens is 2. The summed E-state index contributed by atoms with van der Waals surface area (Å²) in [5.74, 6) is -0.249. The van der Waals surface area contributed by atoms with Gasteiger partial charge in [0.25, 0.3) is 5.91 Å². The second-order valence-electron chi connectivity index (χ2n) is 5.16. The van der Waals surface area contributed by atoms with Gasteiger partial charge in [-0.2, -0.15) is 5.10 Å². The molecule has 17 heavy (non-hydrogen) atoms. The summed E-state index contributed by atoms with van der Waals surface area (Å²) < 4.78 is 1.58. The van der Waals surface area contributed by atoms with Crippen LogP contribution in [0.2, 0.25) is 0 Å². The van der Waals surface area contributed by atoms with Crippen LogP contribution in [0.4, 0.5) is 0 Å². The van der Waals surface area contributed by atoms with Crippen molar-refractivity contribution in [3.63, 3.8) is 0 Å². The third-order valence-corrected chi connectivity index (χ3v) is 2.50. The van der Waals surface area contributed by atoms with E-state index in [-0.39, 0.29) is 18.2 Å². The van der Waals surface area contributed by atoms with Crippen LogP contribution >= 0.6 is 0 Å². The van der Waals surface area contributed by atoms with E-state index in [0.717, 1.165) is 0 Å². The van der Waals surface area contributed by atoms with E-state index in [4.69, 9.17) is 0 Å². The zero-order valence-electron chi connectivity index (χ0n) is 11.0. The van der Waals surface area contributed by atoms with Gasteiger partial charge in [0.05, 0.1) is 17.8 Å². The number of nitrogens with one attached hydrogen (secondary N) is 1. The molecule has 0 atom stereocenters. The summed E-state index contributed by atoms with van der Waals surface area (Å²) in [6.07, 6.45) is 1.65. The first-order valence-electron chi connectivity index (χ1n) is 5.53. The monoisotopic (exact) mass is 237 g/mol. The number of ketones is 1. The number of rotatable bonds is 3. The molecule has 0 fully saturated rings. The summed E-state index contributed by atoms with van der Waals surface area (Å²) in [4.78, 5) is 23.4. The van der Waals surface area contributed by atoms with E-state index in [9.17, 15) is 9.59 Å². The fourth-order valence-corrected chi connectivity index (χ4v) is 1.34. The molecule has 94 valence electrons. The third kappa shape index (κ3) is 3.41. The molecule has 1 heterocycles. The van der Waals surface area contributed by atoms with Crippen molar-refractivity contribution in [2.24, 2.45) is 12.5 Å². The molecule has 0 bridgehead atoms. The summed E-state index contributed by atoms with van der Waals surface area (Å²) in [7, 11) is 1.75. The molecule has 1 amide bonds. The fourth-order valence-electron chi connectivity index (χ4n) is 1.34. The molecular weight excluding hydrogens is 218 g/mol. The third-order valence-electron chi connectivity index (χ3n) is 2.50. The highest BCUT2D eigenvalue weighted by Crippen LogP contribution is 2.13. The normalized spacial score (nSPS) is 11.4. The van der Waals surface area contributed by atoms with Crippen LogP contribution in [-0.4, -0.2) is 28.0 Å². The van der Waals surface area contributed by atoms with Crippen LogP contribution in [0.15, 0.2) is 6.20 Å². The first kappa shape index (κ1) is 13.4. The molecule has 5 nitrogen and oxygen atoms in total. The largest absolute Gasteiger partial charge is 0.345 e. The molecule has 1 aromatic heterocycles. The number of Topliss-reactive ketones (excluding diaryl/α,β-unsaturated/α-hetero) is 1. The van der Waals surface area contributed by atoms with Crippen molar-refractivity contribution in [1.82, 2.24) is 15.1 Å². The predicted octanol–water partition coefficient (Wildman–Crippen LogP) is 1.07. The minimum absolute atomic E-state index is 0.00685. The molecule has 0 saturated carbocycles.